The molecule has 0 aromatic carbocycles. The maximum atomic E-state index is 12.3. The number of amides is 1. The van der Waals surface area contributed by atoms with E-state index < -0.39 is 0 Å². The number of rotatable bonds is 4. The van der Waals surface area contributed by atoms with Crippen LogP contribution in [0.2, 0.25) is 5.15 Å². The number of carbonyl (C=O) groups is 1. The van der Waals surface area contributed by atoms with E-state index in [9.17, 15) is 4.79 Å². The van der Waals surface area contributed by atoms with Gasteiger partial charge in [0.25, 0.3) is 5.91 Å². The summed E-state index contributed by atoms with van der Waals surface area (Å²) in [5.41, 5.74) is 1.72. The van der Waals surface area contributed by atoms with E-state index in [-0.39, 0.29) is 17.2 Å². The van der Waals surface area contributed by atoms with Gasteiger partial charge in [-0.3, -0.25) is 4.79 Å². The number of aromatic nitrogens is 1. The van der Waals surface area contributed by atoms with E-state index in [2.05, 4.69) is 17.2 Å². The molecule has 0 aliphatic heterocycles. The Morgan fingerprint density at radius 2 is 2.05 bits per heavy atom. The van der Waals surface area contributed by atoms with Gasteiger partial charge in [-0.1, -0.05) is 45.2 Å². The molecule has 0 saturated heterocycles. The van der Waals surface area contributed by atoms with Gasteiger partial charge in [0.05, 0.1) is 0 Å². The fourth-order valence-corrected chi connectivity index (χ4v) is 2.96. The van der Waals surface area contributed by atoms with Crippen molar-refractivity contribution >= 4 is 17.5 Å². The minimum Gasteiger partial charge on any atom is -0.351 e. The van der Waals surface area contributed by atoms with Gasteiger partial charge in [-0.15, -0.1) is 0 Å². The molecule has 1 aromatic heterocycles. The third-order valence-electron chi connectivity index (χ3n) is 4.15. The molecule has 1 saturated carbocycles. The van der Waals surface area contributed by atoms with E-state index in [1.807, 2.05) is 19.9 Å². The quantitative estimate of drug-likeness (QED) is 0.847. The Morgan fingerprint density at radius 1 is 1.40 bits per heavy atom. The molecule has 2 rings (SSSR count). The highest BCUT2D eigenvalue weighted by molar-refractivity contribution is 6.29. The third-order valence-corrected chi connectivity index (χ3v) is 4.35. The lowest BCUT2D eigenvalue weighted by Gasteiger charge is -2.23. The van der Waals surface area contributed by atoms with E-state index in [0.717, 1.165) is 12.2 Å². The number of halogens is 1. The van der Waals surface area contributed by atoms with E-state index in [4.69, 9.17) is 11.6 Å². The van der Waals surface area contributed by atoms with Crippen molar-refractivity contribution in [3.8, 4) is 0 Å². The Morgan fingerprint density at radius 3 is 2.65 bits per heavy atom. The van der Waals surface area contributed by atoms with Crippen LogP contribution in [0.4, 0.5) is 0 Å². The fourth-order valence-electron chi connectivity index (χ4n) is 2.75. The van der Waals surface area contributed by atoms with Crippen LogP contribution in [0, 0.1) is 5.41 Å². The van der Waals surface area contributed by atoms with E-state index >= 15 is 0 Å². The molecule has 1 N–H and O–H groups in total. The number of nitrogens with zero attached hydrogens (tertiary/aromatic N) is 1. The van der Waals surface area contributed by atoms with Gasteiger partial charge < -0.3 is 5.32 Å². The van der Waals surface area contributed by atoms with Crippen LogP contribution < -0.4 is 5.32 Å². The highest BCUT2D eigenvalue weighted by Gasteiger charge is 2.29. The number of hydrogen-bond donors (Lipinski definition) is 1. The van der Waals surface area contributed by atoms with Crippen molar-refractivity contribution in [1.29, 1.82) is 0 Å². The summed E-state index contributed by atoms with van der Waals surface area (Å²) < 4.78 is 0. The van der Waals surface area contributed by atoms with Crippen LogP contribution in [-0.4, -0.2) is 17.4 Å². The molecule has 1 aromatic rings. The predicted molar refractivity (Wildman–Crippen MR) is 82.2 cm³/mol. The first-order chi connectivity index (χ1) is 9.39. The van der Waals surface area contributed by atoms with Crippen molar-refractivity contribution in [2.45, 2.75) is 52.4 Å². The van der Waals surface area contributed by atoms with Crippen LogP contribution in [-0.2, 0) is 0 Å². The second-order valence-corrected chi connectivity index (χ2v) is 6.85. The van der Waals surface area contributed by atoms with Crippen molar-refractivity contribution < 1.29 is 4.79 Å². The molecule has 20 heavy (non-hydrogen) atoms. The van der Waals surface area contributed by atoms with Gasteiger partial charge in [-0.25, -0.2) is 4.98 Å². The summed E-state index contributed by atoms with van der Waals surface area (Å²) in [5.74, 6) is 0.205. The maximum Gasteiger partial charge on any atom is 0.251 e. The molecule has 0 bridgehead atoms. The van der Waals surface area contributed by atoms with Crippen LogP contribution in [0.3, 0.4) is 0 Å². The summed E-state index contributed by atoms with van der Waals surface area (Å²) in [4.78, 5) is 16.5. The lowest BCUT2D eigenvalue weighted by Crippen LogP contribution is -2.34. The summed E-state index contributed by atoms with van der Waals surface area (Å²) in [5, 5.41) is 3.43. The maximum absolute atomic E-state index is 12.3. The third kappa shape index (κ3) is 3.72. The molecule has 0 atom stereocenters. The number of nitrogens with one attached hydrogen (secondary N) is 1. The topological polar surface area (TPSA) is 42.0 Å². The summed E-state index contributed by atoms with van der Waals surface area (Å²) in [6, 6.07) is 3.47. The second kappa shape index (κ2) is 6.13. The minimum absolute atomic E-state index is 0.0516. The molecule has 1 fully saturated rings. The number of carbonyl (C=O) groups excluding carboxylic acids is 1. The highest BCUT2D eigenvalue weighted by atomic mass is 35.5. The van der Waals surface area contributed by atoms with Gasteiger partial charge in [-0.05, 0) is 36.3 Å². The Bertz CT molecular complexity index is 493. The zero-order valence-corrected chi connectivity index (χ0v) is 13.3. The van der Waals surface area contributed by atoms with Crippen molar-refractivity contribution in [2.24, 2.45) is 5.41 Å². The van der Waals surface area contributed by atoms with Gasteiger partial charge in [0.15, 0.2) is 0 Å². The van der Waals surface area contributed by atoms with Crippen molar-refractivity contribution in [2.75, 3.05) is 6.54 Å². The monoisotopic (exact) mass is 294 g/mol. The molecule has 4 heteroatoms. The molecule has 1 amide bonds. The van der Waals surface area contributed by atoms with E-state index in [1.54, 1.807) is 6.07 Å². The lowest BCUT2D eigenvalue weighted by atomic mass is 9.89. The molecule has 1 aliphatic carbocycles. The van der Waals surface area contributed by atoms with E-state index in [1.165, 1.54) is 25.7 Å². The molecule has 0 radical (unpaired) electrons. The van der Waals surface area contributed by atoms with Crippen LogP contribution in [0.15, 0.2) is 12.1 Å². The largest absolute Gasteiger partial charge is 0.351 e. The summed E-state index contributed by atoms with van der Waals surface area (Å²) in [7, 11) is 0. The van der Waals surface area contributed by atoms with Gasteiger partial charge in [-0.2, -0.15) is 0 Å². The van der Waals surface area contributed by atoms with Crippen LogP contribution in [0.1, 0.15) is 68.4 Å². The molecule has 0 unspecified atom stereocenters. The van der Waals surface area contributed by atoms with Crippen molar-refractivity contribution in [1.82, 2.24) is 10.3 Å². The average Bonchev–Trinajstić information content (AvgIpc) is 2.82. The van der Waals surface area contributed by atoms with Gasteiger partial charge in [0.1, 0.15) is 5.15 Å². The first-order valence-electron chi connectivity index (χ1n) is 7.35. The number of hydrogen-bond acceptors (Lipinski definition) is 2. The smallest absolute Gasteiger partial charge is 0.251 e. The zero-order valence-electron chi connectivity index (χ0n) is 12.5. The zero-order chi connectivity index (χ0) is 14.8. The molecular formula is C16H23ClN2O. The Kier molecular flexibility index (Phi) is 4.69. The Balaban J connectivity index is 2.05. The van der Waals surface area contributed by atoms with Crippen LogP contribution >= 0.6 is 11.6 Å². The van der Waals surface area contributed by atoms with Crippen molar-refractivity contribution in [3.05, 3.63) is 28.5 Å². The second-order valence-electron chi connectivity index (χ2n) is 6.46. The highest BCUT2D eigenvalue weighted by Crippen LogP contribution is 2.36. The van der Waals surface area contributed by atoms with Crippen LogP contribution in [0.25, 0.3) is 0 Å². The van der Waals surface area contributed by atoms with Gasteiger partial charge in [0, 0.05) is 17.8 Å². The summed E-state index contributed by atoms with van der Waals surface area (Å²) >= 11 is 6.00. The Hall–Kier alpha value is -1.09. The molecule has 3 nitrogen and oxygen atoms in total. The van der Waals surface area contributed by atoms with E-state index in [0.29, 0.717) is 10.7 Å². The minimum atomic E-state index is -0.0516. The average molecular weight is 295 g/mol. The summed E-state index contributed by atoms with van der Waals surface area (Å²) in [6.45, 7) is 7.07. The fraction of sp³-hybridized carbons (Fsp3) is 0.625. The molecule has 0 spiro atoms. The standard InChI is InChI=1S/C16H23ClN2O/c1-11(2)13-8-12(9-14(17)19-13)15(20)18-10-16(3)6-4-5-7-16/h8-9,11H,4-7,10H2,1-3H3,(H,18,20). The van der Waals surface area contributed by atoms with Crippen molar-refractivity contribution in [3.63, 3.8) is 0 Å². The SMILES string of the molecule is CC(C)c1cc(C(=O)NCC2(C)CCCC2)cc(Cl)n1. The van der Waals surface area contributed by atoms with Gasteiger partial charge in [0.2, 0.25) is 0 Å². The normalized spacial score (nSPS) is 17.4. The Labute approximate surface area is 126 Å². The molecule has 1 heterocycles. The molecular weight excluding hydrogens is 272 g/mol. The van der Waals surface area contributed by atoms with Crippen LogP contribution in [0.5, 0.6) is 0 Å². The molecule has 110 valence electrons. The first kappa shape index (κ1) is 15.3. The predicted octanol–water partition coefficient (Wildman–Crippen LogP) is 4.17. The lowest BCUT2D eigenvalue weighted by molar-refractivity contribution is 0.0934. The van der Waals surface area contributed by atoms with Gasteiger partial charge >= 0.3 is 0 Å². The summed E-state index contributed by atoms with van der Waals surface area (Å²) in [6.07, 6.45) is 4.93. The molecule has 1 aliphatic rings. The first-order valence-corrected chi connectivity index (χ1v) is 7.73. The number of pyridine rings is 1.